The van der Waals surface area contributed by atoms with Crippen molar-refractivity contribution in [1.29, 1.82) is 0 Å². The van der Waals surface area contributed by atoms with Gasteiger partial charge in [-0.05, 0) is 11.4 Å². The van der Waals surface area contributed by atoms with Crippen LogP contribution in [0.3, 0.4) is 0 Å². The largest absolute Gasteiger partial charge is 0.379 e. The maximum atomic E-state index is 5.33. The van der Waals surface area contributed by atoms with E-state index in [0.29, 0.717) is 0 Å². The number of nitrogens with one attached hydrogen (secondary N) is 1. The number of nitrogens with zero attached hydrogens (tertiary/aromatic N) is 3. The third kappa shape index (κ3) is 2.60. The van der Waals surface area contributed by atoms with Gasteiger partial charge in [0.05, 0.1) is 18.6 Å². The molecule has 0 unspecified atom stereocenters. The van der Waals surface area contributed by atoms with Crippen molar-refractivity contribution in [2.45, 2.75) is 0 Å². The average molecular weight is 264 g/mol. The molecule has 0 saturated carbocycles. The van der Waals surface area contributed by atoms with E-state index in [4.69, 9.17) is 4.74 Å². The van der Waals surface area contributed by atoms with Gasteiger partial charge >= 0.3 is 0 Å². The molecule has 0 amide bonds. The average Bonchev–Trinajstić information content (AvgIpc) is 2.89. The number of hydrogen-bond donors (Lipinski definition) is 1. The van der Waals surface area contributed by atoms with Crippen LogP contribution in [-0.4, -0.2) is 54.3 Å². The molecule has 0 aromatic carbocycles. The third-order valence-electron chi connectivity index (χ3n) is 3.09. The maximum Gasteiger partial charge on any atom is 0.138 e. The number of hydrogen-bond acceptors (Lipinski definition) is 6. The Hall–Kier alpha value is -1.24. The standard InChI is InChI=1S/C12H16N4OS/c1-8-18-12-10(1)11(14-9-15-12)13-2-3-16-4-6-17-7-5-16/h1,8-9H,2-7H2,(H,13,14,15). The summed E-state index contributed by atoms with van der Waals surface area (Å²) in [5.41, 5.74) is 0. The third-order valence-corrected chi connectivity index (χ3v) is 3.91. The zero-order chi connectivity index (χ0) is 12.2. The first-order valence-electron chi connectivity index (χ1n) is 6.16. The Morgan fingerprint density at radius 2 is 2.22 bits per heavy atom. The molecule has 1 fully saturated rings. The lowest BCUT2D eigenvalue weighted by Gasteiger charge is -2.26. The molecule has 0 spiro atoms. The van der Waals surface area contributed by atoms with Crippen LogP contribution in [0.1, 0.15) is 0 Å². The van der Waals surface area contributed by atoms with Crippen molar-refractivity contribution >= 4 is 27.4 Å². The Bertz CT molecular complexity index is 510. The molecule has 1 N–H and O–H groups in total. The van der Waals surface area contributed by atoms with Crippen LogP contribution in [0.4, 0.5) is 5.82 Å². The fourth-order valence-electron chi connectivity index (χ4n) is 2.09. The van der Waals surface area contributed by atoms with Crippen molar-refractivity contribution < 1.29 is 4.74 Å². The molecule has 5 nitrogen and oxygen atoms in total. The molecule has 0 atom stereocenters. The van der Waals surface area contributed by atoms with Gasteiger partial charge in [0.1, 0.15) is 17.0 Å². The fourth-order valence-corrected chi connectivity index (χ4v) is 2.82. The van der Waals surface area contributed by atoms with Crippen LogP contribution in [0.2, 0.25) is 0 Å². The highest BCUT2D eigenvalue weighted by Gasteiger charge is 2.10. The van der Waals surface area contributed by atoms with Crippen molar-refractivity contribution in [2.24, 2.45) is 0 Å². The van der Waals surface area contributed by atoms with E-state index >= 15 is 0 Å². The van der Waals surface area contributed by atoms with Crippen molar-refractivity contribution in [3.63, 3.8) is 0 Å². The molecule has 6 heteroatoms. The van der Waals surface area contributed by atoms with Gasteiger partial charge in [0.15, 0.2) is 0 Å². The molecule has 0 bridgehead atoms. The van der Waals surface area contributed by atoms with Gasteiger partial charge in [-0.1, -0.05) is 0 Å². The van der Waals surface area contributed by atoms with E-state index < -0.39 is 0 Å². The molecular formula is C12H16N4OS. The van der Waals surface area contributed by atoms with Crippen LogP contribution < -0.4 is 5.32 Å². The van der Waals surface area contributed by atoms with E-state index in [1.807, 2.05) is 5.38 Å². The first kappa shape index (κ1) is 11.8. The van der Waals surface area contributed by atoms with E-state index in [9.17, 15) is 0 Å². The highest BCUT2D eigenvalue weighted by atomic mass is 32.1. The van der Waals surface area contributed by atoms with Gasteiger partial charge in [-0.25, -0.2) is 9.97 Å². The van der Waals surface area contributed by atoms with E-state index in [1.54, 1.807) is 17.7 Å². The summed E-state index contributed by atoms with van der Waals surface area (Å²) in [4.78, 5) is 12.0. The minimum atomic E-state index is 0.849. The quantitative estimate of drug-likeness (QED) is 0.905. The van der Waals surface area contributed by atoms with Gasteiger partial charge in [0, 0.05) is 26.2 Å². The summed E-state index contributed by atoms with van der Waals surface area (Å²) in [6.07, 6.45) is 1.62. The number of fused-ring (bicyclic) bond motifs is 1. The van der Waals surface area contributed by atoms with Crippen LogP contribution >= 0.6 is 11.3 Å². The minimum absolute atomic E-state index is 0.849. The smallest absolute Gasteiger partial charge is 0.138 e. The summed E-state index contributed by atoms with van der Waals surface area (Å²) in [5.74, 6) is 0.939. The Morgan fingerprint density at radius 1 is 1.33 bits per heavy atom. The summed E-state index contributed by atoms with van der Waals surface area (Å²) >= 11 is 1.64. The number of thiophene rings is 1. The lowest BCUT2D eigenvalue weighted by atomic mass is 10.3. The van der Waals surface area contributed by atoms with Crippen LogP contribution in [0.15, 0.2) is 17.8 Å². The molecule has 1 aliphatic rings. The van der Waals surface area contributed by atoms with Crippen LogP contribution in [0, 0.1) is 0 Å². The van der Waals surface area contributed by atoms with Crippen LogP contribution in [0.25, 0.3) is 10.2 Å². The van der Waals surface area contributed by atoms with Gasteiger partial charge < -0.3 is 10.1 Å². The van der Waals surface area contributed by atoms with Gasteiger partial charge in [0.2, 0.25) is 0 Å². The molecule has 1 aliphatic heterocycles. The molecule has 0 radical (unpaired) electrons. The summed E-state index contributed by atoms with van der Waals surface area (Å²) in [5, 5.41) is 6.56. The zero-order valence-electron chi connectivity index (χ0n) is 10.1. The lowest BCUT2D eigenvalue weighted by Crippen LogP contribution is -2.39. The van der Waals surface area contributed by atoms with E-state index in [1.165, 1.54) is 0 Å². The molecule has 3 heterocycles. The van der Waals surface area contributed by atoms with Gasteiger partial charge in [-0.2, -0.15) is 0 Å². The van der Waals surface area contributed by atoms with Crippen molar-refractivity contribution in [1.82, 2.24) is 14.9 Å². The SMILES string of the molecule is c1nc(NCCN2CCOCC2)c2ccsc2n1. The lowest BCUT2D eigenvalue weighted by molar-refractivity contribution is 0.0398. The number of aromatic nitrogens is 2. The molecule has 0 aliphatic carbocycles. The second kappa shape index (κ2) is 5.60. The van der Waals surface area contributed by atoms with Gasteiger partial charge in [-0.3, -0.25) is 4.90 Å². The zero-order valence-corrected chi connectivity index (χ0v) is 10.9. The minimum Gasteiger partial charge on any atom is -0.379 e. The molecule has 18 heavy (non-hydrogen) atoms. The maximum absolute atomic E-state index is 5.33. The van der Waals surface area contributed by atoms with Crippen LogP contribution in [0.5, 0.6) is 0 Å². The van der Waals surface area contributed by atoms with E-state index in [0.717, 1.165) is 55.4 Å². The van der Waals surface area contributed by atoms with Gasteiger partial charge in [-0.15, -0.1) is 11.3 Å². The summed E-state index contributed by atoms with van der Waals surface area (Å²) < 4.78 is 5.33. The first-order chi connectivity index (χ1) is 8.93. The highest BCUT2D eigenvalue weighted by molar-refractivity contribution is 7.16. The number of morpholine rings is 1. The topological polar surface area (TPSA) is 50.3 Å². The van der Waals surface area contributed by atoms with E-state index in [2.05, 4.69) is 26.3 Å². The molecule has 1 saturated heterocycles. The van der Waals surface area contributed by atoms with Crippen molar-refractivity contribution in [2.75, 3.05) is 44.7 Å². The molecule has 96 valence electrons. The highest BCUT2D eigenvalue weighted by Crippen LogP contribution is 2.23. The van der Waals surface area contributed by atoms with Crippen LogP contribution in [-0.2, 0) is 4.74 Å². The van der Waals surface area contributed by atoms with Crippen molar-refractivity contribution in [3.05, 3.63) is 17.8 Å². The Morgan fingerprint density at radius 3 is 3.11 bits per heavy atom. The second-order valence-electron chi connectivity index (χ2n) is 4.24. The van der Waals surface area contributed by atoms with Crippen molar-refractivity contribution in [3.8, 4) is 0 Å². The Labute approximate surface area is 110 Å². The first-order valence-corrected chi connectivity index (χ1v) is 7.03. The molecule has 2 aromatic rings. The van der Waals surface area contributed by atoms with E-state index in [-0.39, 0.29) is 0 Å². The summed E-state index contributed by atoms with van der Waals surface area (Å²) in [6.45, 7) is 5.68. The summed E-state index contributed by atoms with van der Waals surface area (Å²) in [6, 6.07) is 2.07. The predicted octanol–water partition coefficient (Wildman–Crippen LogP) is 1.44. The monoisotopic (exact) mass is 264 g/mol. The number of anilines is 1. The number of ether oxygens (including phenoxy) is 1. The Balaban J connectivity index is 1.57. The summed E-state index contributed by atoms with van der Waals surface area (Å²) in [7, 11) is 0. The molecule has 3 rings (SSSR count). The fraction of sp³-hybridized carbons (Fsp3) is 0.500. The second-order valence-corrected chi connectivity index (χ2v) is 5.14. The number of rotatable bonds is 4. The normalized spacial score (nSPS) is 17.1. The molecule has 2 aromatic heterocycles. The Kier molecular flexibility index (Phi) is 3.68. The molecular weight excluding hydrogens is 248 g/mol. The predicted molar refractivity (Wildman–Crippen MR) is 73.2 cm³/mol. The van der Waals surface area contributed by atoms with Gasteiger partial charge in [0.25, 0.3) is 0 Å².